The topological polar surface area (TPSA) is 234 Å². The molecule has 0 aromatic heterocycles. The zero-order chi connectivity index (χ0) is 41.4. The molecule has 1 aromatic carbocycles. The number of carbonyl (C=O) groups is 8. The van der Waals surface area contributed by atoms with Crippen molar-refractivity contribution in [2.75, 3.05) is 63.5 Å². The number of esters is 6. The molecule has 0 aliphatic carbocycles. The first kappa shape index (κ1) is 46.0. The fraction of sp³-hybridized carbons (Fsp3) is 0.297. The monoisotopic (exact) mass is 770 g/mol. The molecule has 0 fully saturated rings. The summed E-state index contributed by atoms with van der Waals surface area (Å²) in [7, 11) is 0. The molecule has 0 saturated carbocycles. The third kappa shape index (κ3) is 17.4. The minimum absolute atomic E-state index is 0.101. The van der Waals surface area contributed by atoms with Gasteiger partial charge in [0.15, 0.2) is 0 Å². The van der Waals surface area contributed by atoms with Crippen LogP contribution in [0, 0.1) is 17.8 Å². The number of amides is 2. The SMILES string of the molecule is C=CC(=O)OCC(COC(=O)C=C)(COC(=O)C=C)COC(=O)Nc1ccc(C)c(NC(=O)OCC(COC(=O)C=C)(COC(=O)C=C)COC(=O)C=C)c1. The van der Waals surface area contributed by atoms with Crippen LogP contribution in [0.2, 0.25) is 0 Å². The molecule has 0 spiro atoms. The lowest BCUT2D eigenvalue weighted by Gasteiger charge is -2.31. The zero-order valence-electron chi connectivity index (χ0n) is 30.1. The average Bonchev–Trinajstić information content (AvgIpc) is 3.19. The van der Waals surface area contributed by atoms with Gasteiger partial charge in [0.1, 0.15) is 63.7 Å². The fourth-order valence-electron chi connectivity index (χ4n) is 3.77. The van der Waals surface area contributed by atoms with E-state index in [2.05, 4.69) is 50.1 Å². The minimum atomic E-state index is -1.59. The summed E-state index contributed by atoms with van der Waals surface area (Å²) >= 11 is 0. The van der Waals surface area contributed by atoms with Gasteiger partial charge in [-0.25, -0.2) is 38.4 Å². The van der Waals surface area contributed by atoms with E-state index in [0.717, 1.165) is 36.5 Å². The highest BCUT2D eigenvalue weighted by atomic mass is 16.6. The molecule has 1 aromatic rings. The number of carbonyl (C=O) groups excluding carboxylic acids is 8. The number of benzene rings is 1. The van der Waals surface area contributed by atoms with Gasteiger partial charge in [0.25, 0.3) is 0 Å². The Morgan fingerprint density at radius 2 is 0.745 bits per heavy atom. The Morgan fingerprint density at radius 3 is 1.04 bits per heavy atom. The van der Waals surface area contributed by atoms with Crippen LogP contribution in [0.25, 0.3) is 0 Å². The Bertz CT molecular complexity index is 1540. The summed E-state index contributed by atoms with van der Waals surface area (Å²) in [6, 6.07) is 4.33. The second-order valence-electron chi connectivity index (χ2n) is 11.3. The first-order chi connectivity index (χ1) is 26.1. The van der Waals surface area contributed by atoms with Crippen molar-refractivity contribution in [1.29, 1.82) is 0 Å². The van der Waals surface area contributed by atoms with Gasteiger partial charge in [-0.1, -0.05) is 45.5 Å². The van der Waals surface area contributed by atoms with E-state index < -0.39 is 112 Å². The summed E-state index contributed by atoms with van der Waals surface area (Å²) in [4.78, 5) is 97.0. The number of hydrogen-bond donors (Lipinski definition) is 2. The summed E-state index contributed by atoms with van der Waals surface area (Å²) in [5, 5.41) is 4.93. The van der Waals surface area contributed by atoms with Crippen molar-refractivity contribution in [3.8, 4) is 0 Å². The van der Waals surface area contributed by atoms with Crippen molar-refractivity contribution < 1.29 is 76.3 Å². The standard InChI is InChI=1S/C37H42N2O16/c1-8-28(40)48-17-36(18-49-29(41)9-2,19-50-30(42)10-3)23-54-34(46)38-26-15-14-25(7)27(16-26)39-35(47)55-24-37(20-51-31(43)11-4,21-52-32(44)12-5)22-53-33(45)13-6/h8-16H,1-6,17-24H2,7H3,(H,38,46)(H,39,47). The average molecular weight is 771 g/mol. The van der Waals surface area contributed by atoms with E-state index in [4.69, 9.17) is 37.9 Å². The molecule has 0 heterocycles. The van der Waals surface area contributed by atoms with Gasteiger partial charge in [0.2, 0.25) is 0 Å². The van der Waals surface area contributed by atoms with Crippen molar-refractivity contribution in [1.82, 2.24) is 0 Å². The number of rotatable bonds is 24. The molecule has 2 N–H and O–H groups in total. The third-order valence-corrected chi connectivity index (χ3v) is 6.86. The lowest BCUT2D eigenvalue weighted by molar-refractivity contribution is -0.161. The van der Waals surface area contributed by atoms with E-state index in [0.29, 0.717) is 5.56 Å². The van der Waals surface area contributed by atoms with Gasteiger partial charge in [-0.15, -0.1) is 0 Å². The molecular weight excluding hydrogens is 728 g/mol. The quantitative estimate of drug-likeness (QED) is 0.0870. The predicted molar refractivity (Wildman–Crippen MR) is 193 cm³/mol. The molecule has 0 unspecified atom stereocenters. The van der Waals surface area contributed by atoms with Gasteiger partial charge < -0.3 is 37.9 Å². The Kier molecular flexibility index (Phi) is 19.7. The first-order valence-corrected chi connectivity index (χ1v) is 15.8. The van der Waals surface area contributed by atoms with Crippen LogP contribution in [0.4, 0.5) is 21.0 Å². The maximum Gasteiger partial charge on any atom is 0.411 e. The molecule has 2 amide bonds. The third-order valence-electron chi connectivity index (χ3n) is 6.86. The Labute approximate surface area is 316 Å². The maximum absolute atomic E-state index is 13.0. The molecule has 0 bridgehead atoms. The van der Waals surface area contributed by atoms with E-state index in [-0.39, 0.29) is 11.4 Å². The van der Waals surface area contributed by atoms with Gasteiger partial charge in [-0.05, 0) is 24.6 Å². The molecule has 0 radical (unpaired) electrons. The second kappa shape index (κ2) is 23.6. The normalized spacial score (nSPS) is 10.4. The summed E-state index contributed by atoms with van der Waals surface area (Å²) in [5.74, 6) is -5.21. The number of ether oxygens (including phenoxy) is 8. The van der Waals surface area contributed by atoms with E-state index in [1.807, 2.05) is 0 Å². The molecule has 296 valence electrons. The molecular formula is C37H42N2O16. The summed E-state index contributed by atoms with van der Waals surface area (Å²) < 4.78 is 41.3. The van der Waals surface area contributed by atoms with E-state index >= 15 is 0 Å². The lowest BCUT2D eigenvalue weighted by atomic mass is 9.92. The van der Waals surface area contributed by atoms with Gasteiger partial charge >= 0.3 is 48.0 Å². The zero-order valence-corrected chi connectivity index (χ0v) is 30.1. The van der Waals surface area contributed by atoms with Crippen LogP contribution in [-0.2, 0) is 66.7 Å². The molecule has 0 saturated heterocycles. The van der Waals surface area contributed by atoms with Crippen molar-refractivity contribution in [2.24, 2.45) is 10.8 Å². The van der Waals surface area contributed by atoms with Gasteiger partial charge in [0.05, 0.1) is 0 Å². The number of nitrogens with one attached hydrogen (secondary N) is 2. The van der Waals surface area contributed by atoms with E-state index in [1.54, 1.807) is 6.92 Å². The van der Waals surface area contributed by atoms with Crippen molar-refractivity contribution in [3.63, 3.8) is 0 Å². The Balaban J connectivity index is 3.20. The van der Waals surface area contributed by atoms with Crippen LogP contribution in [0.1, 0.15) is 5.56 Å². The van der Waals surface area contributed by atoms with E-state index in [1.165, 1.54) is 18.2 Å². The highest BCUT2D eigenvalue weighted by Crippen LogP contribution is 2.25. The van der Waals surface area contributed by atoms with Crippen molar-refractivity contribution in [3.05, 3.63) is 99.7 Å². The largest absolute Gasteiger partial charge is 0.462 e. The summed E-state index contributed by atoms with van der Waals surface area (Å²) in [6.45, 7) is 16.9. The first-order valence-electron chi connectivity index (χ1n) is 15.8. The van der Waals surface area contributed by atoms with Gasteiger partial charge in [0, 0.05) is 47.8 Å². The number of anilines is 2. The fourth-order valence-corrected chi connectivity index (χ4v) is 3.77. The Hall–Kier alpha value is -6.98. The highest BCUT2D eigenvalue weighted by Gasteiger charge is 2.39. The number of hydrogen-bond acceptors (Lipinski definition) is 16. The van der Waals surface area contributed by atoms with Crippen molar-refractivity contribution >= 4 is 59.4 Å². The minimum Gasteiger partial charge on any atom is -0.462 e. The smallest absolute Gasteiger partial charge is 0.411 e. The van der Waals surface area contributed by atoms with Crippen LogP contribution in [0.15, 0.2) is 94.1 Å². The molecule has 0 aliphatic rings. The molecule has 18 heteroatoms. The molecule has 1 rings (SSSR count). The Morgan fingerprint density at radius 1 is 0.473 bits per heavy atom. The van der Waals surface area contributed by atoms with Gasteiger partial charge in [-0.2, -0.15) is 0 Å². The summed E-state index contributed by atoms with van der Waals surface area (Å²) in [5.41, 5.74) is -2.45. The van der Waals surface area contributed by atoms with Crippen LogP contribution >= 0.6 is 0 Å². The van der Waals surface area contributed by atoms with Gasteiger partial charge in [-0.3, -0.25) is 10.6 Å². The maximum atomic E-state index is 13.0. The molecule has 0 atom stereocenters. The lowest BCUT2D eigenvalue weighted by Crippen LogP contribution is -2.44. The highest BCUT2D eigenvalue weighted by molar-refractivity contribution is 5.90. The molecule has 55 heavy (non-hydrogen) atoms. The molecule has 0 aliphatic heterocycles. The predicted octanol–water partition coefficient (Wildman–Crippen LogP) is 3.44. The van der Waals surface area contributed by atoms with Crippen LogP contribution in [-0.4, -0.2) is 101 Å². The van der Waals surface area contributed by atoms with E-state index in [9.17, 15) is 38.4 Å². The van der Waals surface area contributed by atoms with Crippen LogP contribution < -0.4 is 10.6 Å². The second-order valence-corrected chi connectivity index (χ2v) is 11.3. The molecule has 18 nitrogen and oxygen atoms in total. The van der Waals surface area contributed by atoms with Crippen LogP contribution in [0.3, 0.4) is 0 Å². The number of aryl methyl sites for hydroxylation is 1. The van der Waals surface area contributed by atoms with Crippen LogP contribution in [0.5, 0.6) is 0 Å². The summed E-state index contributed by atoms with van der Waals surface area (Å²) in [6.07, 6.45) is 3.05. The van der Waals surface area contributed by atoms with Crippen molar-refractivity contribution in [2.45, 2.75) is 6.92 Å².